The molecule has 0 atom stereocenters. The third-order valence-electron chi connectivity index (χ3n) is 5.11. The van der Waals surface area contributed by atoms with Gasteiger partial charge in [0, 0.05) is 6.54 Å². The lowest BCUT2D eigenvalue weighted by Crippen LogP contribution is -2.27. The Morgan fingerprint density at radius 3 is 2.59 bits per heavy atom. The SMILES string of the molecule is C=CCN1C(=O)C(=Cc2cc(Cl)c(OCCOc3cc(C)ccc3C(C)C)c(OC)c2)SC1=S. The van der Waals surface area contributed by atoms with Crippen molar-refractivity contribution >= 4 is 51.9 Å². The molecule has 0 saturated carbocycles. The maximum atomic E-state index is 12.6. The summed E-state index contributed by atoms with van der Waals surface area (Å²) in [5.74, 6) is 1.96. The number of methoxy groups -OCH3 is 1. The zero-order valence-electron chi connectivity index (χ0n) is 19.7. The summed E-state index contributed by atoms with van der Waals surface area (Å²) in [6.07, 6.45) is 3.39. The monoisotopic (exact) mass is 517 g/mol. The lowest BCUT2D eigenvalue weighted by molar-refractivity contribution is -0.121. The van der Waals surface area contributed by atoms with E-state index < -0.39 is 0 Å². The van der Waals surface area contributed by atoms with Gasteiger partial charge in [-0.3, -0.25) is 9.69 Å². The van der Waals surface area contributed by atoms with Gasteiger partial charge in [0.2, 0.25) is 0 Å². The van der Waals surface area contributed by atoms with E-state index in [-0.39, 0.29) is 5.91 Å². The Bertz CT molecular complexity index is 1130. The molecule has 1 fully saturated rings. The van der Waals surface area contributed by atoms with Gasteiger partial charge >= 0.3 is 0 Å². The summed E-state index contributed by atoms with van der Waals surface area (Å²) < 4.78 is 17.9. The van der Waals surface area contributed by atoms with Crippen molar-refractivity contribution in [2.45, 2.75) is 26.7 Å². The van der Waals surface area contributed by atoms with Crippen LogP contribution in [0.25, 0.3) is 6.08 Å². The number of hydrogen-bond donors (Lipinski definition) is 0. The molecule has 0 aromatic heterocycles. The first-order valence-corrected chi connectivity index (χ1v) is 12.4. The van der Waals surface area contributed by atoms with Crippen molar-refractivity contribution < 1.29 is 19.0 Å². The Balaban J connectivity index is 1.70. The zero-order valence-corrected chi connectivity index (χ0v) is 22.1. The highest BCUT2D eigenvalue weighted by Gasteiger charge is 2.31. The molecular formula is C26H28ClNO4S2. The van der Waals surface area contributed by atoms with Crippen LogP contribution in [0.3, 0.4) is 0 Å². The molecular weight excluding hydrogens is 490 g/mol. The number of aryl methyl sites for hydroxylation is 1. The fraction of sp³-hybridized carbons (Fsp3) is 0.308. The highest BCUT2D eigenvalue weighted by molar-refractivity contribution is 8.26. The van der Waals surface area contributed by atoms with Crippen molar-refractivity contribution in [2.24, 2.45) is 0 Å². The summed E-state index contributed by atoms with van der Waals surface area (Å²) in [7, 11) is 1.55. The molecule has 180 valence electrons. The van der Waals surface area contributed by atoms with Gasteiger partial charge in [-0.2, -0.15) is 0 Å². The number of hydrogen-bond acceptors (Lipinski definition) is 6. The minimum absolute atomic E-state index is 0.153. The number of carbonyl (C=O) groups is 1. The van der Waals surface area contributed by atoms with Crippen LogP contribution in [0.15, 0.2) is 47.9 Å². The molecule has 0 unspecified atom stereocenters. The summed E-state index contributed by atoms with van der Waals surface area (Å²) in [4.78, 5) is 14.6. The molecule has 34 heavy (non-hydrogen) atoms. The fourth-order valence-electron chi connectivity index (χ4n) is 3.44. The summed E-state index contributed by atoms with van der Waals surface area (Å²) in [5.41, 5.74) is 3.01. The van der Waals surface area contributed by atoms with Crippen molar-refractivity contribution in [3.8, 4) is 17.2 Å². The molecule has 1 heterocycles. The van der Waals surface area contributed by atoms with E-state index in [4.69, 9.17) is 38.0 Å². The fourth-order valence-corrected chi connectivity index (χ4v) is 4.99. The summed E-state index contributed by atoms with van der Waals surface area (Å²) in [5, 5.41) is 0.380. The van der Waals surface area contributed by atoms with Crippen LogP contribution in [0.2, 0.25) is 5.02 Å². The second-order valence-corrected chi connectivity index (χ2v) is 10.1. The van der Waals surface area contributed by atoms with Gasteiger partial charge in [0.05, 0.1) is 17.0 Å². The number of thiocarbonyl (C=S) groups is 1. The number of amides is 1. The molecule has 5 nitrogen and oxygen atoms in total. The Labute approximate surface area is 215 Å². The average Bonchev–Trinajstić information content (AvgIpc) is 3.04. The second-order valence-electron chi connectivity index (χ2n) is 8.01. The van der Waals surface area contributed by atoms with E-state index in [2.05, 4.69) is 32.6 Å². The summed E-state index contributed by atoms with van der Waals surface area (Å²) in [6, 6.07) is 9.73. The molecule has 0 radical (unpaired) electrons. The standard InChI is InChI=1S/C26H28ClNO4S2/c1-6-9-28-25(29)23(34-26(28)33)15-18-13-20(27)24(22(14-18)30-5)32-11-10-31-21-12-17(4)7-8-19(21)16(2)3/h6-8,12-16H,1,9-11H2,2-5H3. The lowest BCUT2D eigenvalue weighted by atomic mass is 10.0. The minimum Gasteiger partial charge on any atom is -0.493 e. The predicted molar refractivity (Wildman–Crippen MR) is 144 cm³/mol. The van der Waals surface area contributed by atoms with Gasteiger partial charge in [0.15, 0.2) is 11.5 Å². The first-order valence-electron chi connectivity index (χ1n) is 10.8. The van der Waals surface area contributed by atoms with Crippen molar-refractivity contribution in [1.82, 2.24) is 4.90 Å². The molecule has 2 aromatic rings. The molecule has 1 aliphatic rings. The summed E-state index contributed by atoms with van der Waals surface area (Å²) >= 11 is 13.0. The Hall–Kier alpha value is -2.48. The van der Waals surface area contributed by atoms with Gasteiger partial charge < -0.3 is 14.2 Å². The number of carbonyl (C=O) groups excluding carboxylic acids is 1. The van der Waals surface area contributed by atoms with Gasteiger partial charge in [0.25, 0.3) is 5.91 Å². The quantitative estimate of drug-likeness (QED) is 0.153. The van der Waals surface area contributed by atoms with Crippen LogP contribution in [-0.4, -0.2) is 42.0 Å². The van der Waals surface area contributed by atoms with Crippen molar-refractivity contribution in [1.29, 1.82) is 0 Å². The first kappa shape index (κ1) is 26.1. The summed E-state index contributed by atoms with van der Waals surface area (Å²) in [6.45, 7) is 11.0. The van der Waals surface area contributed by atoms with Gasteiger partial charge in [-0.1, -0.05) is 67.6 Å². The highest BCUT2D eigenvalue weighted by atomic mass is 35.5. The van der Waals surface area contributed by atoms with E-state index in [1.807, 2.05) is 13.0 Å². The van der Waals surface area contributed by atoms with Crippen LogP contribution in [0, 0.1) is 6.92 Å². The van der Waals surface area contributed by atoms with Crippen LogP contribution < -0.4 is 14.2 Å². The predicted octanol–water partition coefficient (Wildman–Crippen LogP) is 6.63. The average molecular weight is 518 g/mol. The van der Waals surface area contributed by atoms with E-state index in [1.54, 1.807) is 31.4 Å². The molecule has 1 amide bonds. The maximum Gasteiger partial charge on any atom is 0.266 e. The third-order valence-corrected chi connectivity index (χ3v) is 6.77. The Morgan fingerprint density at radius 2 is 1.91 bits per heavy atom. The third kappa shape index (κ3) is 6.14. The molecule has 1 saturated heterocycles. The van der Waals surface area contributed by atoms with Gasteiger partial charge in [0.1, 0.15) is 23.3 Å². The van der Waals surface area contributed by atoms with E-state index in [0.29, 0.717) is 57.0 Å². The largest absolute Gasteiger partial charge is 0.493 e. The number of benzene rings is 2. The van der Waals surface area contributed by atoms with Crippen LogP contribution >= 0.6 is 35.6 Å². The molecule has 0 bridgehead atoms. The first-order chi connectivity index (χ1) is 16.2. The molecule has 1 aliphatic heterocycles. The van der Waals surface area contributed by atoms with E-state index in [1.165, 1.54) is 16.7 Å². The molecule has 8 heteroatoms. The molecule has 2 aromatic carbocycles. The van der Waals surface area contributed by atoms with Crippen LogP contribution in [0.4, 0.5) is 0 Å². The van der Waals surface area contributed by atoms with E-state index >= 15 is 0 Å². The number of ether oxygens (including phenoxy) is 3. The van der Waals surface area contributed by atoms with Crippen molar-refractivity contribution in [2.75, 3.05) is 26.9 Å². The van der Waals surface area contributed by atoms with Crippen LogP contribution in [0.1, 0.15) is 36.5 Å². The molecule has 0 aliphatic carbocycles. The highest BCUT2D eigenvalue weighted by Crippen LogP contribution is 2.39. The van der Waals surface area contributed by atoms with Gasteiger partial charge in [-0.15, -0.1) is 6.58 Å². The van der Waals surface area contributed by atoms with E-state index in [9.17, 15) is 4.79 Å². The maximum absolute atomic E-state index is 12.6. The minimum atomic E-state index is -0.153. The second kappa shape index (κ2) is 11.8. The van der Waals surface area contributed by atoms with Crippen molar-refractivity contribution in [3.05, 3.63) is 69.6 Å². The number of rotatable bonds is 10. The molecule has 3 rings (SSSR count). The van der Waals surface area contributed by atoms with Crippen LogP contribution in [0.5, 0.6) is 17.2 Å². The number of thioether (sulfide) groups is 1. The Kier molecular flexibility index (Phi) is 9.05. The number of halogens is 1. The van der Waals surface area contributed by atoms with Crippen LogP contribution in [-0.2, 0) is 4.79 Å². The smallest absolute Gasteiger partial charge is 0.266 e. The molecule has 0 spiro atoms. The topological polar surface area (TPSA) is 48.0 Å². The van der Waals surface area contributed by atoms with Crippen molar-refractivity contribution in [3.63, 3.8) is 0 Å². The lowest BCUT2D eigenvalue weighted by Gasteiger charge is -2.16. The molecule has 0 N–H and O–H groups in total. The van der Waals surface area contributed by atoms with Gasteiger partial charge in [-0.05, 0) is 53.8 Å². The van der Waals surface area contributed by atoms with E-state index in [0.717, 1.165) is 16.9 Å². The van der Waals surface area contributed by atoms with Gasteiger partial charge in [-0.25, -0.2) is 0 Å². The zero-order chi connectivity index (χ0) is 24.8. The number of nitrogens with zero attached hydrogens (tertiary/aromatic N) is 1. The Morgan fingerprint density at radius 1 is 1.18 bits per heavy atom. The normalized spacial score (nSPS) is 14.8.